The minimum absolute atomic E-state index is 0.248. The van der Waals surface area contributed by atoms with E-state index in [9.17, 15) is 0 Å². The minimum Gasteiger partial charge on any atom is -0.478 e. The van der Waals surface area contributed by atoms with Crippen molar-refractivity contribution in [2.24, 2.45) is 0 Å². The number of rotatable bonds is 4. The first-order valence-corrected chi connectivity index (χ1v) is 5.15. The minimum atomic E-state index is 0.248. The lowest BCUT2D eigenvalue weighted by atomic mass is 10.3. The number of nitrogens with zero attached hydrogens (tertiary/aromatic N) is 2. The Hall–Kier alpha value is -1.39. The smallest absolute Gasteiger partial charge is 0.258 e. The second-order valence-electron chi connectivity index (χ2n) is 4.11. The van der Waals surface area contributed by atoms with Crippen LogP contribution in [0, 0.1) is 0 Å². The summed E-state index contributed by atoms with van der Waals surface area (Å²) in [6.45, 7) is 8.22. The quantitative estimate of drug-likeness (QED) is 0.799. The topological polar surface area (TPSA) is 65.1 Å². The first-order valence-electron chi connectivity index (χ1n) is 5.15. The summed E-state index contributed by atoms with van der Waals surface area (Å²) in [4.78, 5) is 0. The molecule has 0 spiro atoms. The van der Waals surface area contributed by atoms with E-state index in [0.29, 0.717) is 17.6 Å². The molecule has 3 N–H and O–H groups in total. The predicted molar refractivity (Wildman–Crippen MR) is 62.3 cm³/mol. The first kappa shape index (κ1) is 11.7. The number of methoxy groups -OCH3 is 1. The van der Waals surface area contributed by atoms with Crippen LogP contribution in [0.15, 0.2) is 0 Å². The van der Waals surface area contributed by atoms with E-state index in [1.165, 1.54) is 0 Å². The maximum Gasteiger partial charge on any atom is 0.258 e. The van der Waals surface area contributed by atoms with Crippen LogP contribution in [0.5, 0.6) is 5.88 Å². The van der Waals surface area contributed by atoms with E-state index < -0.39 is 0 Å². The number of hydrogen-bond acceptors (Lipinski definition) is 4. The molecule has 5 heteroatoms. The van der Waals surface area contributed by atoms with Crippen molar-refractivity contribution < 1.29 is 4.74 Å². The number of nitrogen functional groups attached to an aromatic ring is 1. The van der Waals surface area contributed by atoms with Crippen LogP contribution in [0.2, 0.25) is 0 Å². The zero-order valence-electron chi connectivity index (χ0n) is 10.0. The normalized spacial score (nSPS) is 11.1. The highest BCUT2D eigenvalue weighted by Gasteiger charge is 2.17. The van der Waals surface area contributed by atoms with E-state index in [1.54, 1.807) is 7.11 Å². The molecule has 0 fully saturated rings. The summed E-state index contributed by atoms with van der Waals surface area (Å²) >= 11 is 0. The SMILES string of the molecule is COc1nn(C(C)C)c(NC(C)C)c1N. The zero-order chi connectivity index (χ0) is 11.6. The summed E-state index contributed by atoms with van der Waals surface area (Å²) in [6.07, 6.45) is 0. The lowest BCUT2D eigenvalue weighted by Gasteiger charge is -2.15. The van der Waals surface area contributed by atoms with Gasteiger partial charge in [-0.3, -0.25) is 0 Å². The molecule has 5 nitrogen and oxygen atoms in total. The van der Waals surface area contributed by atoms with Crippen LogP contribution < -0.4 is 15.8 Å². The molecule has 0 aromatic carbocycles. The Balaban J connectivity index is 3.13. The van der Waals surface area contributed by atoms with Crippen molar-refractivity contribution in [3.05, 3.63) is 0 Å². The average molecular weight is 212 g/mol. The fourth-order valence-corrected chi connectivity index (χ4v) is 1.37. The van der Waals surface area contributed by atoms with Gasteiger partial charge < -0.3 is 15.8 Å². The highest BCUT2D eigenvalue weighted by Crippen LogP contribution is 2.31. The maximum atomic E-state index is 5.93. The Kier molecular flexibility index (Phi) is 3.44. The summed E-state index contributed by atoms with van der Waals surface area (Å²) in [6, 6.07) is 0.559. The van der Waals surface area contributed by atoms with Gasteiger partial charge in [0.05, 0.1) is 7.11 Å². The van der Waals surface area contributed by atoms with Crippen LogP contribution in [0.4, 0.5) is 11.5 Å². The lowest BCUT2D eigenvalue weighted by molar-refractivity contribution is 0.384. The van der Waals surface area contributed by atoms with Crippen LogP contribution in [0.3, 0.4) is 0 Å². The highest BCUT2D eigenvalue weighted by atomic mass is 16.5. The summed E-state index contributed by atoms with van der Waals surface area (Å²) in [5.41, 5.74) is 6.50. The van der Waals surface area contributed by atoms with Crippen LogP contribution in [0.25, 0.3) is 0 Å². The summed E-state index contributed by atoms with van der Waals surface area (Å²) < 4.78 is 6.94. The molecule has 0 saturated carbocycles. The monoisotopic (exact) mass is 212 g/mol. The summed E-state index contributed by atoms with van der Waals surface area (Å²) in [5.74, 6) is 1.31. The van der Waals surface area contributed by atoms with Crippen LogP contribution in [0.1, 0.15) is 33.7 Å². The molecule has 0 amide bonds. The van der Waals surface area contributed by atoms with Gasteiger partial charge in [0.1, 0.15) is 5.69 Å². The van der Waals surface area contributed by atoms with E-state index in [4.69, 9.17) is 10.5 Å². The molecule has 86 valence electrons. The number of anilines is 2. The van der Waals surface area contributed by atoms with Gasteiger partial charge in [0.25, 0.3) is 5.88 Å². The summed E-state index contributed by atoms with van der Waals surface area (Å²) in [7, 11) is 1.57. The third-order valence-corrected chi connectivity index (χ3v) is 2.02. The van der Waals surface area contributed by atoms with E-state index in [2.05, 4.69) is 38.1 Å². The molecule has 0 radical (unpaired) electrons. The molecule has 0 bridgehead atoms. The molecule has 0 aliphatic heterocycles. The van der Waals surface area contributed by atoms with E-state index >= 15 is 0 Å². The van der Waals surface area contributed by atoms with Crippen molar-refractivity contribution in [2.75, 3.05) is 18.2 Å². The zero-order valence-corrected chi connectivity index (χ0v) is 10.0. The first-order chi connectivity index (χ1) is 6.97. The fraction of sp³-hybridized carbons (Fsp3) is 0.700. The van der Waals surface area contributed by atoms with Gasteiger partial charge in [-0.1, -0.05) is 0 Å². The number of ether oxygens (including phenoxy) is 1. The molecule has 0 aliphatic carbocycles. The number of hydrogen-bond donors (Lipinski definition) is 2. The Morgan fingerprint density at radius 3 is 2.33 bits per heavy atom. The van der Waals surface area contributed by atoms with Gasteiger partial charge in [-0.25, -0.2) is 4.68 Å². The van der Waals surface area contributed by atoms with Crippen LogP contribution >= 0.6 is 0 Å². The molecule has 1 heterocycles. The second-order valence-corrected chi connectivity index (χ2v) is 4.11. The van der Waals surface area contributed by atoms with Gasteiger partial charge in [-0.2, -0.15) is 0 Å². The number of nitrogens with one attached hydrogen (secondary N) is 1. The second kappa shape index (κ2) is 4.42. The Labute approximate surface area is 90.6 Å². The third kappa shape index (κ3) is 2.34. The molecule has 0 saturated heterocycles. The predicted octanol–water partition coefficient (Wildman–Crippen LogP) is 1.88. The standard InChI is InChI=1S/C10H20N4O/c1-6(2)12-9-8(11)10(15-5)13-14(9)7(3)4/h6-7,12H,11H2,1-5H3. The molecule has 1 aromatic heterocycles. The molecule has 0 unspecified atom stereocenters. The number of nitrogens with two attached hydrogens (primary N) is 1. The van der Waals surface area contributed by atoms with Crippen LogP contribution in [-0.4, -0.2) is 22.9 Å². The number of aromatic nitrogens is 2. The maximum absolute atomic E-state index is 5.93. The largest absolute Gasteiger partial charge is 0.478 e. The van der Waals surface area contributed by atoms with Crippen molar-refractivity contribution in [3.63, 3.8) is 0 Å². The molecule has 1 aromatic rings. The van der Waals surface area contributed by atoms with Crippen molar-refractivity contribution in [1.82, 2.24) is 9.78 Å². The molecule has 1 rings (SSSR count). The average Bonchev–Trinajstić information content (AvgIpc) is 2.43. The Bertz CT molecular complexity index is 330. The van der Waals surface area contributed by atoms with Crippen molar-refractivity contribution in [3.8, 4) is 5.88 Å². The van der Waals surface area contributed by atoms with Crippen molar-refractivity contribution in [2.45, 2.75) is 39.8 Å². The third-order valence-electron chi connectivity index (χ3n) is 2.02. The van der Waals surface area contributed by atoms with E-state index in [0.717, 1.165) is 5.82 Å². The van der Waals surface area contributed by atoms with Gasteiger partial charge in [0.15, 0.2) is 5.82 Å². The van der Waals surface area contributed by atoms with E-state index in [1.807, 2.05) is 4.68 Å². The molecule has 0 atom stereocenters. The molecule has 0 aliphatic rings. The fourth-order valence-electron chi connectivity index (χ4n) is 1.37. The lowest BCUT2D eigenvalue weighted by Crippen LogP contribution is -2.16. The van der Waals surface area contributed by atoms with Gasteiger partial charge in [-0.15, -0.1) is 5.10 Å². The van der Waals surface area contributed by atoms with Crippen molar-refractivity contribution in [1.29, 1.82) is 0 Å². The van der Waals surface area contributed by atoms with Crippen LogP contribution in [-0.2, 0) is 0 Å². The Morgan fingerprint density at radius 1 is 1.33 bits per heavy atom. The molecular weight excluding hydrogens is 192 g/mol. The van der Waals surface area contributed by atoms with Gasteiger partial charge in [0.2, 0.25) is 0 Å². The van der Waals surface area contributed by atoms with Gasteiger partial charge in [-0.05, 0) is 27.7 Å². The highest BCUT2D eigenvalue weighted by molar-refractivity contribution is 5.68. The van der Waals surface area contributed by atoms with Gasteiger partial charge in [0, 0.05) is 12.1 Å². The molecular formula is C10H20N4O. The van der Waals surface area contributed by atoms with Crippen molar-refractivity contribution >= 4 is 11.5 Å². The van der Waals surface area contributed by atoms with Gasteiger partial charge >= 0.3 is 0 Å². The van der Waals surface area contributed by atoms with E-state index in [-0.39, 0.29) is 6.04 Å². The molecule has 15 heavy (non-hydrogen) atoms. The summed E-state index contributed by atoms with van der Waals surface area (Å²) in [5, 5.41) is 7.56. The Morgan fingerprint density at radius 2 is 1.93 bits per heavy atom.